The van der Waals surface area contributed by atoms with Gasteiger partial charge in [-0.1, -0.05) is 85.0 Å². The van der Waals surface area contributed by atoms with Gasteiger partial charge in [0.25, 0.3) is 11.8 Å². The fourth-order valence-electron chi connectivity index (χ4n) is 9.46. The number of benzene rings is 5. The fourth-order valence-corrected chi connectivity index (χ4v) is 13.5. The van der Waals surface area contributed by atoms with Gasteiger partial charge in [0.05, 0.1) is 58.8 Å². The minimum atomic E-state index is -2.42. The van der Waals surface area contributed by atoms with Crippen molar-refractivity contribution in [3.63, 3.8) is 0 Å². The van der Waals surface area contributed by atoms with Crippen LogP contribution in [0.15, 0.2) is 128 Å². The van der Waals surface area contributed by atoms with Crippen LogP contribution in [0.3, 0.4) is 0 Å². The molecule has 0 aliphatic carbocycles. The Bertz CT molecular complexity index is 2500. The maximum atomic E-state index is 15.4. The monoisotopic (exact) mass is 836 g/mol. The standard InChI is InChI=1S/C48H52N6O6Si/c1-31-45(61(4,5)39-22-19-37(58-2)20-23-39)44(25-26-53-29-42(51-52-53)40(30-55)33-9-7-6-8-10-33)60-48(31)41-27-38(59-3)21-24-43(41)54(47(48)57)28-32-11-17-36(18-12-32)50-46(56)34-13-15-35(49)16-14-34/h6-24,27,29,31,40,44-45,55H,25-26,28,30,49H2,1-5H3,(H,50,56)/t31-,40?,44+,45-,48+/m1/s1. The van der Waals surface area contributed by atoms with Crippen LogP contribution in [-0.4, -0.2) is 66.9 Å². The quantitative estimate of drug-likeness (QED) is 0.0770. The Hall–Kier alpha value is -6.28. The Kier molecular flexibility index (Phi) is 11.5. The van der Waals surface area contributed by atoms with E-state index in [1.165, 1.54) is 5.19 Å². The molecule has 1 aromatic heterocycles. The SMILES string of the molecule is COc1ccc([Si](C)(C)[C@H]2[C@H](CCn3cc(C(CO)c4ccccc4)nn3)O[C@@]3(C(=O)N(Cc4ccc(NC(=O)c5ccc(N)cc5)cc4)c4ccc(OC)cc43)[C@@H]2C)cc1. The van der Waals surface area contributed by atoms with Crippen molar-refractivity contribution in [1.29, 1.82) is 0 Å². The molecule has 314 valence electrons. The molecule has 1 unspecified atom stereocenters. The number of carbonyl (C=O) groups excluding carboxylic acids is 2. The van der Waals surface area contributed by atoms with Crippen molar-refractivity contribution < 1.29 is 28.9 Å². The lowest BCUT2D eigenvalue weighted by molar-refractivity contribution is -0.146. The van der Waals surface area contributed by atoms with Crippen LogP contribution in [-0.2, 0) is 28.2 Å². The van der Waals surface area contributed by atoms with Crippen molar-refractivity contribution in [2.45, 2.75) is 62.7 Å². The smallest absolute Gasteiger partial charge is 0.264 e. The number of hydrogen-bond donors (Lipinski definition) is 3. The third kappa shape index (κ3) is 7.80. The highest BCUT2D eigenvalue weighted by Gasteiger charge is 2.66. The summed E-state index contributed by atoms with van der Waals surface area (Å²) in [6.07, 6.45) is 2.17. The highest BCUT2D eigenvalue weighted by Crippen LogP contribution is 2.60. The van der Waals surface area contributed by atoms with Crippen molar-refractivity contribution in [1.82, 2.24) is 15.0 Å². The molecule has 61 heavy (non-hydrogen) atoms. The van der Waals surface area contributed by atoms with E-state index in [9.17, 15) is 9.90 Å². The Morgan fingerprint density at radius 3 is 2.30 bits per heavy atom. The number of hydrogen-bond acceptors (Lipinski definition) is 9. The number of nitrogens with one attached hydrogen (secondary N) is 1. The number of aromatic nitrogens is 3. The van der Waals surface area contributed by atoms with Gasteiger partial charge in [0.2, 0.25) is 0 Å². The number of rotatable bonds is 14. The van der Waals surface area contributed by atoms with Gasteiger partial charge in [0, 0.05) is 41.2 Å². The summed E-state index contributed by atoms with van der Waals surface area (Å²) in [6.45, 7) is 7.60. The molecular formula is C48H52N6O6Si. The van der Waals surface area contributed by atoms with E-state index in [2.05, 4.69) is 47.8 Å². The summed E-state index contributed by atoms with van der Waals surface area (Å²) < 4.78 is 20.5. The predicted molar refractivity (Wildman–Crippen MR) is 239 cm³/mol. The molecule has 5 atom stereocenters. The van der Waals surface area contributed by atoms with Gasteiger partial charge in [0.1, 0.15) is 11.5 Å². The van der Waals surface area contributed by atoms with E-state index < -0.39 is 13.7 Å². The molecule has 8 rings (SSSR count). The first-order valence-electron chi connectivity index (χ1n) is 20.6. The highest BCUT2D eigenvalue weighted by molar-refractivity contribution is 6.91. The molecule has 1 saturated heterocycles. The number of anilines is 3. The van der Waals surface area contributed by atoms with Crippen molar-refractivity contribution in [3.8, 4) is 11.5 Å². The third-order valence-corrected chi connectivity index (χ3v) is 17.1. The van der Waals surface area contributed by atoms with Gasteiger partial charge >= 0.3 is 0 Å². The Labute approximate surface area is 357 Å². The number of aliphatic hydroxyl groups is 1. The molecule has 0 bridgehead atoms. The minimum Gasteiger partial charge on any atom is -0.497 e. The molecule has 2 aliphatic rings. The van der Waals surface area contributed by atoms with Gasteiger partial charge in [-0.15, -0.1) is 5.10 Å². The van der Waals surface area contributed by atoms with E-state index in [1.807, 2.05) is 101 Å². The zero-order valence-corrected chi connectivity index (χ0v) is 36.1. The number of nitrogen functional groups attached to an aromatic ring is 1. The molecule has 1 spiro atoms. The number of methoxy groups -OCH3 is 2. The van der Waals surface area contributed by atoms with Gasteiger partial charge in [-0.2, -0.15) is 0 Å². The summed E-state index contributed by atoms with van der Waals surface area (Å²) in [7, 11) is 0.879. The topological polar surface area (TPSA) is 154 Å². The summed E-state index contributed by atoms with van der Waals surface area (Å²) in [6, 6.07) is 38.3. The third-order valence-electron chi connectivity index (χ3n) is 12.7. The van der Waals surface area contributed by atoms with Crippen molar-refractivity contribution in [3.05, 3.63) is 155 Å². The number of nitrogens with zero attached hydrogens (tertiary/aromatic N) is 4. The number of aliphatic hydroxyl groups excluding tert-OH is 1. The van der Waals surface area contributed by atoms with Gasteiger partial charge in [0.15, 0.2) is 5.60 Å². The molecule has 5 aromatic carbocycles. The fraction of sp³-hybridized carbons (Fsp3) is 0.292. The van der Waals surface area contributed by atoms with Gasteiger partial charge < -0.3 is 35.3 Å². The Morgan fingerprint density at radius 2 is 1.62 bits per heavy atom. The minimum absolute atomic E-state index is 0.00490. The molecule has 13 heteroatoms. The molecule has 1 fully saturated rings. The molecule has 6 aromatic rings. The number of nitrogens with two attached hydrogens (primary N) is 1. The lowest BCUT2D eigenvalue weighted by Crippen LogP contribution is -2.51. The van der Waals surface area contributed by atoms with Crippen LogP contribution in [0.25, 0.3) is 0 Å². The van der Waals surface area contributed by atoms with Crippen LogP contribution < -0.4 is 30.6 Å². The molecular weight excluding hydrogens is 785 g/mol. The van der Waals surface area contributed by atoms with Crippen LogP contribution >= 0.6 is 0 Å². The predicted octanol–water partition coefficient (Wildman–Crippen LogP) is 7.11. The lowest BCUT2D eigenvalue weighted by atomic mass is 9.82. The van der Waals surface area contributed by atoms with E-state index in [-0.39, 0.29) is 41.9 Å². The molecule has 2 aliphatic heterocycles. The summed E-state index contributed by atoms with van der Waals surface area (Å²) in [4.78, 5) is 30.1. The number of carbonyl (C=O) groups is 2. The van der Waals surface area contributed by atoms with Crippen molar-refractivity contribution >= 4 is 42.1 Å². The summed E-state index contributed by atoms with van der Waals surface area (Å²) in [5.74, 6) is 0.551. The second-order valence-corrected chi connectivity index (χ2v) is 21.2. The van der Waals surface area contributed by atoms with E-state index in [0.29, 0.717) is 47.9 Å². The summed E-state index contributed by atoms with van der Waals surface area (Å²) in [5.41, 5.74) is 10.4. The zero-order valence-electron chi connectivity index (χ0n) is 35.1. The number of aryl methyl sites for hydroxylation is 1. The average molecular weight is 837 g/mol. The van der Waals surface area contributed by atoms with Crippen LogP contribution in [0, 0.1) is 5.92 Å². The molecule has 0 radical (unpaired) electrons. The lowest BCUT2D eigenvalue weighted by Gasteiger charge is -2.37. The number of ether oxygens (including phenoxy) is 3. The first-order chi connectivity index (χ1) is 29.5. The van der Waals surface area contributed by atoms with E-state index in [4.69, 9.17) is 19.9 Å². The van der Waals surface area contributed by atoms with E-state index in [0.717, 1.165) is 28.1 Å². The largest absolute Gasteiger partial charge is 0.497 e. The maximum Gasteiger partial charge on any atom is 0.264 e. The molecule has 4 N–H and O–H groups in total. The highest BCUT2D eigenvalue weighted by atomic mass is 28.3. The first kappa shape index (κ1) is 41.5. The van der Waals surface area contributed by atoms with Crippen LogP contribution in [0.1, 0.15) is 52.0 Å². The number of fused-ring (bicyclic) bond motifs is 2. The van der Waals surface area contributed by atoms with E-state index >= 15 is 4.79 Å². The summed E-state index contributed by atoms with van der Waals surface area (Å²) >= 11 is 0. The molecule has 12 nitrogen and oxygen atoms in total. The van der Waals surface area contributed by atoms with Crippen LogP contribution in [0.4, 0.5) is 17.1 Å². The molecule has 0 saturated carbocycles. The van der Waals surface area contributed by atoms with Gasteiger partial charge in [-0.3, -0.25) is 14.3 Å². The zero-order chi connectivity index (χ0) is 42.9. The van der Waals surface area contributed by atoms with Crippen LogP contribution in [0.2, 0.25) is 18.6 Å². The van der Waals surface area contributed by atoms with Crippen LogP contribution in [0.5, 0.6) is 11.5 Å². The number of amides is 2. The van der Waals surface area contributed by atoms with Crippen molar-refractivity contribution in [2.75, 3.05) is 36.8 Å². The Balaban J connectivity index is 1.11. The van der Waals surface area contributed by atoms with Gasteiger partial charge in [-0.25, -0.2) is 0 Å². The first-order valence-corrected chi connectivity index (χ1v) is 23.7. The summed E-state index contributed by atoms with van der Waals surface area (Å²) in [5, 5.41) is 23.5. The van der Waals surface area contributed by atoms with Gasteiger partial charge in [-0.05, 0) is 89.8 Å². The Morgan fingerprint density at radius 1 is 0.934 bits per heavy atom. The normalized spacial score (nSPS) is 20.1. The van der Waals surface area contributed by atoms with E-state index in [1.54, 1.807) is 38.5 Å². The maximum absolute atomic E-state index is 15.4. The van der Waals surface area contributed by atoms with Crippen molar-refractivity contribution in [2.24, 2.45) is 5.92 Å². The molecule has 3 heterocycles. The second kappa shape index (κ2) is 17.0. The average Bonchev–Trinajstić information content (AvgIpc) is 3.94. The second-order valence-electron chi connectivity index (χ2n) is 16.5. The molecule has 2 amide bonds.